The van der Waals surface area contributed by atoms with Gasteiger partial charge in [0.2, 0.25) is 0 Å². The Labute approximate surface area is 182 Å². The van der Waals surface area contributed by atoms with Gasteiger partial charge in [0.05, 0.1) is 17.9 Å². The van der Waals surface area contributed by atoms with Gasteiger partial charge in [-0.05, 0) is 62.9 Å². The molecule has 168 valence electrons. The third-order valence-corrected chi connectivity index (χ3v) is 7.09. The molecule has 3 rings (SSSR count). The number of fused-ring (bicyclic) bond motifs is 1. The van der Waals surface area contributed by atoms with Crippen LogP contribution in [0.3, 0.4) is 0 Å². The molecule has 0 saturated carbocycles. The van der Waals surface area contributed by atoms with Crippen LogP contribution in [0.1, 0.15) is 74.5 Å². The van der Waals surface area contributed by atoms with Crippen LogP contribution < -0.4 is 0 Å². The highest BCUT2D eigenvalue weighted by atomic mass is 16.6. The van der Waals surface area contributed by atoms with Crippen LogP contribution in [0.2, 0.25) is 0 Å². The van der Waals surface area contributed by atoms with Crippen molar-refractivity contribution in [1.29, 1.82) is 0 Å². The first kappa shape index (κ1) is 21.6. The second-order valence-electron chi connectivity index (χ2n) is 10.1. The molecule has 1 aliphatic heterocycles. The van der Waals surface area contributed by atoms with Crippen LogP contribution >= 0.6 is 0 Å². The summed E-state index contributed by atoms with van der Waals surface area (Å²) < 4.78 is 19.1. The van der Waals surface area contributed by atoms with Gasteiger partial charge in [-0.25, -0.2) is 0 Å². The summed E-state index contributed by atoms with van der Waals surface area (Å²) in [5.74, 6) is 0.507. The SMILES string of the molecule is [2H]CCC(C)(C)C(=O)O[C@@H]1C[C@H](C)C=C2C=C[C@@H](C)[C@@H](CC[C@@H]3C[C@H](O)CC(=O)O3)[C@@H]21. The zero-order valence-electron chi connectivity index (χ0n) is 19.8. The molecule has 0 aromatic heterocycles. The number of ether oxygens (including phenoxy) is 2. The van der Waals surface area contributed by atoms with E-state index >= 15 is 0 Å². The summed E-state index contributed by atoms with van der Waals surface area (Å²) in [5.41, 5.74) is 0.573. The Morgan fingerprint density at radius 1 is 1.33 bits per heavy atom. The minimum atomic E-state index is -0.662. The lowest BCUT2D eigenvalue weighted by molar-refractivity contribution is -0.166. The Morgan fingerprint density at radius 2 is 2.10 bits per heavy atom. The molecule has 1 N–H and O–H groups in total. The Balaban J connectivity index is 1.75. The summed E-state index contributed by atoms with van der Waals surface area (Å²) in [6, 6.07) is 0. The van der Waals surface area contributed by atoms with Gasteiger partial charge in [-0.15, -0.1) is 0 Å². The molecule has 0 radical (unpaired) electrons. The number of cyclic esters (lactones) is 1. The molecule has 3 aliphatic rings. The van der Waals surface area contributed by atoms with E-state index in [-0.39, 0.29) is 49.3 Å². The fourth-order valence-electron chi connectivity index (χ4n) is 5.04. The minimum absolute atomic E-state index is 0.0819. The number of carbonyl (C=O) groups is 2. The van der Waals surface area contributed by atoms with Crippen molar-refractivity contribution in [3.8, 4) is 0 Å². The molecule has 1 heterocycles. The van der Waals surface area contributed by atoms with Crippen molar-refractivity contribution in [2.75, 3.05) is 0 Å². The predicted octanol–water partition coefficient (Wildman–Crippen LogP) is 4.59. The van der Waals surface area contributed by atoms with E-state index in [4.69, 9.17) is 10.8 Å². The lowest BCUT2D eigenvalue weighted by atomic mass is 9.65. The molecular formula is C25H38O5. The number of aliphatic hydroxyl groups is 1. The molecule has 1 fully saturated rings. The summed E-state index contributed by atoms with van der Waals surface area (Å²) in [5, 5.41) is 9.92. The number of allylic oxidation sites excluding steroid dienone is 3. The van der Waals surface area contributed by atoms with E-state index in [9.17, 15) is 14.7 Å². The topological polar surface area (TPSA) is 72.8 Å². The maximum Gasteiger partial charge on any atom is 0.311 e. The number of hydrogen-bond acceptors (Lipinski definition) is 5. The van der Waals surface area contributed by atoms with Crippen molar-refractivity contribution in [2.24, 2.45) is 29.1 Å². The highest BCUT2D eigenvalue weighted by molar-refractivity contribution is 5.76. The molecule has 0 spiro atoms. The first-order valence-corrected chi connectivity index (χ1v) is 11.4. The van der Waals surface area contributed by atoms with Gasteiger partial charge in [-0.2, -0.15) is 0 Å². The predicted molar refractivity (Wildman–Crippen MR) is 115 cm³/mol. The Hall–Kier alpha value is -1.62. The maximum absolute atomic E-state index is 12.9. The Bertz CT molecular complexity index is 727. The molecule has 0 aromatic rings. The van der Waals surface area contributed by atoms with Crippen LogP contribution in [0.5, 0.6) is 0 Å². The first-order valence-electron chi connectivity index (χ1n) is 12.1. The van der Waals surface area contributed by atoms with Crippen LogP contribution in [0.4, 0.5) is 0 Å². The molecule has 5 heteroatoms. The molecule has 0 amide bonds. The zero-order chi connectivity index (χ0) is 22.8. The quantitative estimate of drug-likeness (QED) is 0.638. The Morgan fingerprint density at radius 3 is 2.80 bits per heavy atom. The van der Waals surface area contributed by atoms with Gasteiger partial charge in [-0.3, -0.25) is 9.59 Å². The normalized spacial score (nSPS) is 37.0. The second-order valence-corrected chi connectivity index (χ2v) is 10.1. The molecular weight excluding hydrogens is 380 g/mol. The third-order valence-electron chi connectivity index (χ3n) is 7.09. The number of hydrogen-bond donors (Lipinski definition) is 1. The largest absolute Gasteiger partial charge is 0.462 e. The molecule has 1 saturated heterocycles. The summed E-state index contributed by atoms with van der Waals surface area (Å²) in [7, 11) is 0. The van der Waals surface area contributed by atoms with Gasteiger partial charge in [0.1, 0.15) is 12.2 Å². The molecule has 0 bridgehead atoms. The van der Waals surface area contributed by atoms with Crippen molar-refractivity contribution in [3.05, 3.63) is 23.8 Å². The van der Waals surface area contributed by atoms with Crippen LogP contribution in [0.25, 0.3) is 0 Å². The van der Waals surface area contributed by atoms with Gasteiger partial charge in [-0.1, -0.05) is 39.0 Å². The summed E-state index contributed by atoms with van der Waals surface area (Å²) in [4.78, 5) is 24.7. The van der Waals surface area contributed by atoms with Crippen LogP contribution in [-0.4, -0.2) is 35.4 Å². The summed E-state index contributed by atoms with van der Waals surface area (Å²) in [6.45, 7) is 8.27. The highest BCUT2D eigenvalue weighted by Gasteiger charge is 2.43. The van der Waals surface area contributed by atoms with E-state index in [1.807, 2.05) is 13.8 Å². The van der Waals surface area contributed by atoms with Crippen molar-refractivity contribution in [3.63, 3.8) is 0 Å². The molecule has 7 atom stereocenters. The van der Waals surface area contributed by atoms with Gasteiger partial charge in [0.25, 0.3) is 0 Å². The van der Waals surface area contributed by atoms with Crippen LogP contribution in [-0.2, 0) is 19.1 Å². The molecule has 0 aromatic carbocycles. The monoisotopic (exact) mass is 419 g/mol. The van der Waals surface area contributed by atoms with Crippen molar-refractivity contribution in [2.45, 2.75) is 91.4 Å². The van der Waals surface area contributed by atoms with E-state index in [1.54, 1.807) is 0 Å². The van der Waals surface area contributed by atoms with E-state index < -0.39 is 11.5 Å². The zero-order valence-corrected chi connectivity index (χ0v) is 18.8. The second kappa shape index (κ2) is 9.25. The van der Waals surface area contributed by atoms with Crippen LogP contribution in [0, 0.1) is 29.1 Å². The minimum Gasteiger partial charge on any atom is -0.462 e. The molecule has 30 heavy (non-hydrogen) atoms. The highest BCUT2D eigenvalue weighted by Crippen LogP contribution is 2.45. The van der Waals surface area contributed by atoms with E-state index in [0.29, 0.717) is 31.1 Å². The molecule has 2 aliphatic carbocycles. The lowest BCUT2D eigenvalue weighted by Gasteiger charge is -2.44. The van der Waals surface area contributed by atoms with Gasteiger partial charge in [0.15, 0.2) is 0 Å². The smallest absolute Gasteiger partial charge is 0.311 e. The average molecular weight is 420 g/mol. The van der Waals surface area contributed by atoms with Crippen LogP contribution in [0.15, 0.2) is 23.8 Å². The molecule has 5 nitrogen and oxygen atoms in total. The van der Waals surface area contributed by atoms with Crippen molar-refractivity contribution in [1.82, 2.24) is 0 Å². The van der Waals surface area contributed by atoms with E-state index in [2.05, 4.69) is 32.1 Å². The molecule has 0 unspecified atom stereocenters. The maximum atomic E-state index is 12.9. The first-order chi connectivity index (χ1) is 14.6. The Kier molecular flexibility index (Phi) is 6.66. The van der Waals surface area contributed by atoms with Gasteiger partial charge >= 0.3 is 11.9 Å². The van der Waals surface area contributed by atoms with Gasteiger partial charge in [0, 0.05) is 13.7 Å². The number of aliphatic hydroxyl groups excluding tert-OH is 1. The average Bonchev–Trinajstić information content (AvgIpc) is 2.66. The standard InChI is InChI=1S/C25H38O5/c1-6-25(4,5)24(28)30-21-12-15(2)11-17-8-7-16(3)20(23(17)21)10-9-19-13-18(26)14-22(27)29-19/h7-8,11,15-16,18-21,23,26H,6,9-10,12-14H2,1-5H3/t15-,16-,18+,19-,20-,21-,23-/m1/s1/i1D. The summed E-state index contributed by atoms with van der Waals surface area (Å²) in [6.07, 6.45) is 9.06. The number of esters is 2. The fourth-order valence-corrected chi connectivity index (χ4v) is 5.04. The fraction of sp³-hybridized carbons (Fsp3) is 0.760. The van der Waals surface area contributed by atoms with Gasteiger partial charge < -0.3 is 14.6 Å². The lowest BCUT2D eigenvalue weighted by Crippen LogP contribution is -2.43. The number of rotatable bonds is 6. The van der Waals surface area contributed by atoms with Crippen molar-refractivity contribution < 1.29 is 25.5 Å². The third kappa shape index (κ3) is 5.16. The van der Waals surface area contributed by atoms with E-state index in [0.717, 1.165) is 12.8 Å². The summed E-state index contributed by atoms with van der Waals surface area (Å²) >= 11 is 0. The van der Waals surface area contributed by atoms with Crippen molar-refractivity contribution >= 4 is 11.9 Å². The van der Waals surface area contributed by atoms with E-state index in [1.165, 1.54) is 5.57 Å². The number of carbonyl (C=O) groups excluding carboxylic acids is 2.